The lowest BCUT2D eigenvalue weighted by atomic mass is 9.95. The first kappa shape index (κ1) is 14.5. The third kappa shape index (κ3) is 3.17. The number of aromatic nitrogens is 1. The molecule has 0 unspecified atom stereocenters. The molecule has 3 nitrogen and oxygen atoms in total. The van der Waals surface area contributed by atoms with Gasteiger partial charge in [0.15, 0.2) is 0 Å². The van der Waals surface area contributed by atoms with Gasteiger partial charge in [-0.05, 0) is 12.1 Å². The topological polar surface area (TPSA) is 42.0 Å². The van der Waals surface area contributed by atoms with E-state index in [1.165, 1.54) is 0 Å². The maximum Gasteiger partial charge on any atom is 0.229 e. The van der Waals surface area contributed by atoms with E-state index in [0.29, 0.717) is 10.7 Å². The third-order valence-corrected chi connectivity index (χ3v) is 3.24. The Morgan fingerprint density at radius 2 is 1.85 bits per heavy atom. The summed E-state index contributed by atoms with van der Waals surface area (Å²) in [6.45, 7) is 5.61. The minimum Gasteiger partial charge on any atom is -0.324 e. The fourth-order valence-electron chi connectivity index (χ4n) is 1.72. The Morgan fingerprint density at radius 3 is 2.50 bits per heavy atom. The number of halogens is 1. The molecule has 0 saturated heterocycles. The number of hydrogen-bond donors (Lipinski definition) is 1. The monoisotopic (exact) mass is 288 g/mol. The molecule has 1 N–H and O–H groups in total. The second-order valence-corrected chi connectivity index (χ2v) is 6.01. The van der Waals surface area contributed by atoms with Crippen molar-refractivity contribution in [3.63, 3.8) is 0 Å². The number of carbonyl (C=O) groups is 1. The van der Waals surface area contributed by atoms with Crippen LogP contribution in [0.4, 0.5) is 5.69 Å². The number of nitrogens with one attached hydrogen (secondary N) is 1. The first-order chi connectivity index (χ1) is 9.39. The molecule has 1 aromatic carbocycles. The Kier molecular flexibility index (Phi) is 4.09. The standard InChI is InChI=1S/C16H17ClN2O/c1-16(2,3)15(20)19-14-10-18-9-8-12(14)11-6-4-5-7-13(11)17/h4-10H,1-3H3,(H,19,20). The van der Waals surface area contributed by atoms with Gasteiger partial charge in [-0.1, -0.05) is 50.6 Å². The molecular weight excluding hydrogens is 272 g/mol. The van der Waals surface area contributed by atoms with Crippen molar-refractivity contribution in [2.75, 3.05) is 5.32 Å². The van der Waals surface area contributed by atoms with Crippen LogP contribution in [-0.2, 0) is 4.79 Å². The molecule has 1 heterocycles. The van der Waals surface area contributed by atoms with E-state index in [1.807, 2.05) is 51.1 Å². The summed E-state index contributed by atoms with van der Waals surface area (Å²) in [7, 11) is 0. The molecule has 0 bridgehead atoms. The number of amides is 1. The number of carbonyl (C=O) groups excluding carboxylic acids is 1. The molecule has 0 aliphatic rings. The maximum atomic E-state index is 12.1. The average molecular weight is 289 g/mol. The van der Waals surface area contributed by atoms with Crippen molar-refractivity contribution in [3.8, 4) is 11.1 Å². The van der Waals surface area contributed by atoms with E-state index in [-0.39, 0.29) is 5.91 Å². The molecule has 20 heavy (non-hydrogen) atoms. The Hall–Kier alpha value is -1.87. The lowest BCUT2D eigenvalue weighted by Crippen LogP contribution is -2.27. The zero-order valence-corrected chi connectivity index (χ0v) is 12.5. The molecular formula is C16H17ClN2O. The highest BCUT2D eigenvalue weighted by molar-refractivity contribution is 6.33. The summed E-state index contributed by atoms with van der Waals surface area (Å²) in [4.78, 5) is 16.2. The zero-order valence-electron chi connectivity index (χ0n) is 11.8. The summed E-state index contributed by atoms with van der Waals surface area (Å²) in [6, 6.07) is 9.38. The summed E-state index contributed by atoms with van der Waals surface area (Å²) in [5, 5.41) is 3.56. The lowest BCUT2D eigenvalue weighted by molar-refractivity contribution is -0.123. The zero-order chi connectivity index (χ0) is 14.8. The van der Waals surface area contributed by atoms with Gasteiger partial charge in [-0.3, -0.25) is 9.78 Å². The van der Waals surface area contributed by atoms with Crippen LogP contribution in [0.3, 0.4) is 0 Å². The molecule has 2 aromatic rings. The quantitative estimate of drug-likeness (QED) is 0.890. The van der Waals surface area contributed by atoms with Crippen LogP contribution in [-0.4, -0.2) is 10.9 Å². The number of rotatable bonds is 2. The van der Waals surface area contributed by atoms with Crippen LogP contribution in [0.25, 0.3) is 11.1 Å². The molecule has 0 aliphatic carbocycles. The SMILES string of the molecule is CC(C)(C)C(=O)Nc1cnccc1-c1ccccc1Cl. The van der Waals surface area contributed by atoms with Crippen LogP contribution in [0.2, 0.25) is 5.02 Å². The van der Waals surface area contributed by atoms with Gasteiger partial charge in [-0.2, -0.15) is 0 Å². The van der Waals surface area contributed by atoms with Gasteiger partial charge >= 0.3 is 0 Å². The van der Waals surface area contributed by atoms with Gasteiger partial charge in [0.05, 0.1) is 11.9 Å². The minimum absolute atomic E-state index is 0.0567. The second-order valence-electron chi connectivity index (χ2n) is 5.61. The van der Waals surface area contributed by atoms with Gasteiger partial charge < -0.3 is 5.32 Å². The van der Waals surface area contributed by atoms with E-state index in [1.54, 1.807) is 12.4 Å². The lowest BCUT2D eigenvalue weighted by Gasteiger charge is -2.19. The second kappa shape index (κ2) is 5.63. The molecule has 0 fully saturated rings. The highest BCUT2D eigenvalue weighted by atomic mass is 35.5. The smallest absolute Gasteiger partial charge is 0.229 e. The van der Waals surface area contributed by atoms with Crippen molar-refractivity contribution in [2.45, 2.75) is 20.8 Å². The number of nitrogens with zero attached hydrogens (tertiary/aromatic N) is 1. The van der Waals surface area contributed by atoms with E-state index in [2.05, 4.69) is 10.3 Å². The van der Waals surface area contributed by atoms with Gasteiger partial charge in [0.2, 0.25) is 5.91 Å². The van der Waals surface area contributed by atoms with Gasteiger partial charge in [-0.25, -0.2) is 0 Å². The molecule has 2 rings (SSSR count). The summed E-state index contributed by atoms with van der Waals surface area (Å²) in [5.74, 6) is -0.0567. The molecule has 0 radical (unpaired) electrons. The van der Waals surface area contributed by atoms with Crippen molar-refractivity contribution < 1.29 is 4.79 Å². The molecule has 0 saturated carbocycles. The average Bonchev–Trinajstić information content (AvgIpc) is 2.39. The van der Waals surface area contributed by atoms with Crippen molar-refractivity contribution >= 4 is 23.2 Å². The third-order valence-electron chi connectivity index (χ3n) is 2.91. The van der Waals surface area contributed by atoms with Crippen LogP contribution < -0.4 is 5.32 Å². The van der Waals surface area contributed by atoms with Gasteiger partial charge in [0, 0.05) is 27.8 Å². The predicted octanol–water partition coefficient (Wildman–Crippen LogP) is 4.39. The number of pyridine rings is 1. The van der Waals surface area contributed by atoms with Crippen molar-refractivity contribution in [1.82, 2.24) is 4.98 Å². The molecule has 104 valence electrons. The highest BCUT2D eigenvalue weighted by Crippen LogP contribution is 2.33. The summed E-state index contributed by atoms with van der Waals surface area (Å²) in [6.07, 6.45) is 3.33. The Labute approximate surface area is 124 Å². The normalized spacial score (nSPS) is 11.2. The predicted molar refractivity (Wildman–Crippen MR) is 82.8 cm³/mol. The van der Waals surface area contributed by atoms with Crippen LogP contribution in [0, 0.1) is 5.41 Å². The highest BCUT2D eigenvalue weighted by Gasteiger charge is 2.22. The number of anilines is 1. The Balaban J connectivity index is 2.42. The summed E-state index contributed by atoms with van der Waals surface area (Å²) in [5.41, 5.74) is 1.94. The number of hydrogen-bond acceptors (Lipinski definition) is 2. The van der Waals surface area contributed by atoms with Crippen molar-refractivity contribution in [1.29, 1.82) is 0 Å². The molecule has 4 heteroatoms. The van der Waals surface area contributed by atoms with Crippen LogP contribution in [0.15, 0.2) is 42.7 Å². The van der Waals surface area contributed by atoms with Crippen molar-refractivity contribution in [2.24, 2.45) is 5.41 Å². The summed E-state index contributed by atoms with van der Waals surface area (Å²) < 4.78 is 0. The van der Waals surface area contributed by atoms with Crippen LogP contribution in [0.5, 0.6) is 0 Å². The Bertz CT molecular complexity index is 632. The first-order valence-electron chi connectivity index (χ1n) is 6.40. The van der Waals surface area contributed by atoms with Crippen LogP contribution in [0.1, 0.15) is 20.8 Å². The Morgan fingerprint density at radius 1 is 1.15 bits per heavy atom. The largest absolute Gasteiger partial charge is 0.324 e. The van der Waals surface area contributed by atoms with E-state index in [9.17, 15) is 4.79 Å². The number of benzene rings is 1. The molecule has 0 spiro atoms. The summed E-state index contributed by atoms with van der Waals surface area (Å²) >= 11 is 6.22. The molecule has 1 amide bonds. The van der Waals surface area contributed by atoms with Gasteiger partial charge in [0.1, 0.15) is 0 Å². The fraction of sp³-hybridized carbons (Fsp3) is 0.250. The van der Waals surface area contributed by atoms with E-state index in [0.717, 1.165) is 11.1 Å². The fourth-order valence-corrected chi connectivity index (χ4v) is 1.96. The molecule has 0 aliphatic heterocycles. The first-order valence-corrected chi connectivity index (χ1v) is 6.78. The molecule has 1 aromatic heterocycles. The molecule has 0 atom stereocenters. The van der Waals surface area contributed by atoms with Gasteiger partial charge in [0.25, 0.3) is 0 Å². The minimum atomic E-state index is -0.465. The maximum absolute atomic E-state index is 12.1. The van der Waals surface area contributed by atoms with E-state index in [4.69, 9.17) is 11.6 Å². The van der Waals surface area contributed by atoms with E-state index < -0.39 is 5.41 Å². The van der Waals surface area contributed by atoms with E-state index >= 15 is 0 Å². The van der Waals surface area contributed by atoms with Gasteiger partial charge in [-0.15, -0.1) is 0 Å². The van der Waals surface area contributed by atoms with Crippen LogP contribution >= 0.6 is 11.6 Å². The van der Waals surface area contributed by atoms with Crippen molar-refractivity contribution in [3.05, 3.63) is 47.7 Å².